The number of likely N-dealkylation sites (tertiary alicyclic amines) is 1. The van der Waals surface area contributed by atoms with E-state index >= 15 is 8.78 Å². The minimum atomic E-state index is -3.40. The van der Waals surface area contributed by atoms with E-state index in [0.717, 1.165) is 56.5 Å². The maximum absolute atomic E-state index is 15.2. The Morgan fingerprint density at radius 1 is 1.18 bits per heavy atom. The number of nitrogens with one attached hydrogen (secondary N) is 2. The van der Waals surface area contributed by atoms with Crippen LogP contribution < -0.4 is 25.2 Å². The standard InChI is InChI=1S/C27H36F2N8O3/c1-35-12-10-18(11-13-35)31-24(38)17-8-9-20(22(14-17)40-3)32-26-30-15-21-23(33-26)37(19-6-4-5-7-19)16-27(28,29)25(34-39)36(21)2/h8-9,14-15,18-19,39H,4-7,10-13,16H2,1-3H3,(H,31,38)(H,30,32,33). The van der Waals surface area contributed by atoms with Gasteiger partial charge in [-0.15, -0.1) is 0 Å². The number of hydrogen-bond acceptors (Lipinski definition) is 9. The first-order valence-electron chi connectivity index (χ1n) is 13.6. The van der Waals surface area contributed by atoms with Crippen LogP contribution in [0.25, 0.3) is 0 Å². The van der Waals surface area contributed by atoms with Gasteiger partial charge in [0, 0.05) is 24.7 Å². The maximum atomic E-state index is 15.2. The summed E-state index contributed by atoms with van der Waals surface area (Å²) in [5, 5.41) is 18.6. The SMILES string of the molecule is COc1cc(C(=O)NC2CCN(C)CC2)ccc1Nc1ncc2c(n1)N(C1CCCC1)CC(F)(F)C(=NO)N2C. The van der Waals surface area contributed by atoms with Crippen molar-refractivity contribution in [2.45, 2.75) is 56.5 Å². The number of aromatic nitrogens is 2. The number of anilines is 4. The monoisotopic (exact) mass is 558 g/mol. The first kappa shape index (κ1) is 27.8. The van der Waals surface area contributed by atoms with Crippen molar-refractivity contribution in [1.29, 1.82) is 0 Å². The number of hydrogen-bond donors (Lipinski definition) is 3. The van der Waals surface area contributed by atoms with Crippen LogP contribution in [0.2, 0.25) is 0 Å². The van der Waals surface area contributed by atoms with Gasteiger partial charge in [-0.25, -0.2) is 4.98 Å². The molecule has 3 heterocycles. The number of carbonyl (C=O) groups excluding carboxylic acids is 1. The topological polar surface area (TPSA) is 118 Å². The van der Waals surface area contributed by atoms with Gasteiger partial charge in [-0.2, -0.15) is 13.8 Å². The van der Waals surface area contributed by atoms with Crippen LogP contribution in [0.15, 0.2) is 29.6 Å². The number of nitrogens with zero attached hydrogens (tertiary/aromatic N) is 6. The van der Waals surface area contributed by atoms with Gasteiger partial charge in [-0.1, -0.05) is 18.0 Å². The Morgan fingerprint density at radius 2 is 1.90 bits per heavy atom. The largest absolute Gasteiger partial charge is 0.495 e. The Labute approximate surface area is 232 Å². The lowest BCUT2D eigenvalue weighted by atomic mass is 10.0. The molecular weight excluding hydrogens is 522 g/mol. The normalized spacial score (nSPS) is 21.3. The van der Waals surface area contributed by atoms with Crippen LogP contribution in [0.1, 0.15) is 48.9 Å². The molecule has 13 heteroatoms. The molecule has 40 heavy (non-hydrogen) atoms. The number of carbonyl (C=O) groups is 1. The van der Waals surface area contributed by atoms with Crippen molar-refractivity contribution in [2.75, 3.05) is 56.0 Å². The molecule has 1 aromatic heterocycles. The molecule has 3 aliphatic rings. The third kappa shape index (κ3) is 5.60. The van der Waals surface area contributed by atoms with Gasteiger partial charge in [0.15, 0.2) is 5.82 Å². The number of ether oxygens (including phenoxy) is 1. The van der Waals surface area contributed by atoms with Crippen LogP contribution in [0.5, 0.6) is 5.75 Å². The summed E-state index contributed by atoms with van der Waals surface area (Å²) in [5.74, 6) is -3.38. The number of halogens is 2. The van der Waals surface area contributed by atoms with Crippen molar-refractivity contribution < 1.29 is 23.5 Å². The van der Waals surface area contributed by atoms with E-state index in [0.29, 0.717) is 28.5 Å². The predicted molar refractivity (Wildman–Crippen MR) is 148 cm³/mol. The minimum absolute atomic E-state index is 0.115. The van der Waals surface area contributed by atoms with Crippen molar-refractivity contribution in [2.24, 2.45) is 5.16 Å². The molecule has 216 valence electrons. The highest BCUT2D eigenvalue weighted by Crippen LogP contribution is 2.40. The summed E-state index contributed by atoms with van der Waals surface area (Å²) in [6, 6.07) is 5.07. The molecule has 1 amide bonds. The number of piperidine rings is 1. The van der Waals surface area contributed by atoms with E-state index < -0.39 is 18.3 Å². The lowest BCUT2D eigenvalue weighted by molar-refractivity contribution is 0.0778. The highest BCUT2D eigenvalue weighted by Gasteiger charge is 2.47. The molecule has 1 saturated heterocycles. The van der Waals surface area contributed by atoms with Crippen LogP contribution >= 0.6 is 0 Å². The second kappa shape index (κ2) is 11.4. The van der Waals surface area contributed by atoms with Gasteiger partial charge in [-0.05, 0) is 64.0 Å². The third-order valence-electron chi connectivity index (χ3n) is 8.02. The molecule has 2 aliphatic heterocycles. The number of rotatable bonds is 6. The van der Waals surface area contributed by atoms with E-state index in [1.807, 2.05) is 0 Å². The first-order valence-corrected chi connectivity index (χ1v) is 13.6. The summed E-state index contributed by atoms with van der Waals surface area (Å²) in [4.78, 5) is 26.9. The van der Waals surface area contributed by atoms with E-state index in [1.165, 1.54) is 20.4 Å². The van der Waals surface area contributed by atoms with E-state index in [-0.39, 0.29) is 23.9 Å². The highest BCUT2D eigenvalue weighted by atomic mass is 19.3. The van der Waals surface area contributed by atoms with Crippen LogP contribution in [-0.2, 0) is 0 Å². The van der Waals surface area contributed by atoms with E-state index in [2.05, 4.69) is 37.7 Å². The Balaban J connectivity index is 1.40. The molecule has 2 aromatic rings. The fourth-order valence-corrected chi connectivity index (χ4v) is 5.73. The zero-order valence-corrected chi connectivity index (χ0v) is 23.0. The molecule has 1 aliphatic carbocycles. The molecule has 11 nitrogen and oxygen atoms in total. The second-order valence-electron chi connectivity index (χ2n) is 10.7. The average molecular weight is 559 g/mol. The smallest absolute Gasteiger partial charge is 0.325 e. The number of amidine groups is 1. The van der Waals surface area contributed by atoms with Crippen LogP contribution in [-0.4, -0.2) is 90.7 Å². The molecule has 5 rings (SSSR count). The van der Waals surface area contributed by atoms with Crippen LogP contribution in [0.4, 0.5) is 31.9 Å². The lowest BCUT2D eigenvalue weighted by Gasteiger charge is -2.31. The third-order valence-corrected chi connectivity index (χ3v) is 8.02. The molecule has 3 N–H and O–H groups in total. The van der Waals surface area contributed by atoms with Gasteiger partial charge >= 0.3 is 5.92 Å². The molecule has 0 bridgehead atoms. The lowest BCUT2D eigenvalue weighted by Crippen LogP contribution is -2.48. The van der Waals surface area contributed by atoms with Gasteiger partial charge in [0.1, 0.15) is 11.4 Å². The molecule has 2 fully saturated rings. The van der Waals surface area contributed by atoms with Gasteiger partial charge in [-0.3, -0.25) is 4.79 Å². The molecule has 0 spiro atoms. The van der Waals surface area contributed by atoms with E-state index in [9.17, 15) is 10.0 Å². The summed E-state index contributed by atoms with van der Waals surface area (Å²) < 4.78 is 35.9. The summed E-state index contributed by atoms with van der Waals surface area (Å²) in [7, 11) is 4.99. The number of oxime groups is 1. The van der Waals surface area contributed by atoms with Gasteiger partial charge in [0.25, 0.3) is 5.91 Å². The quantitative estimate of drug-likeness (QED) is 0.360. The van der Waals surface area contributed by atoms with Gasteiger partial charge < -0.3 is 35.3 Å². The highest BCUT2D eigenvalue weighted by molar-refractivity contribution is 6.05. The number of alkyl halides is 2. The van der Waals surface area contributed by atoms with Crippen LogP contribution in [0.3, 0.4) is 0 Å². The van der Waals surface area contributed by atoms with Gasteiger partial charge in [0.05, 0.1) is 25.5 Å². The number of methoxy groups -OCH3 is 1. The Morgan fingerprint density at radius 3 is 2.58 bits per heavy atom. The van der Waals surface area contributed by atoms with Crippen molar-refractivity contribution in [3.63, 3.8) is 0 Å². The molecule has 0 atom stereocenters. The summed E-state index contributed by atoms with van der Waals surface area (Å²) in [6.45, 7) is 1.23. The predicted octanol–water partition coefficient (Wildman–Crippen LogP) is 3.67. The number of fused-ring (bicyclic) bond motifs is 1. The fraction of sp³-hybridized carbons (Fsp3) is 0.556. The summed E-state index contributed by atoms with van der Waals surface area (Å²) in [6.07, 6.45) is 6.68. The summed E-state index contributed by atoms with van der Waals surface area (Å²) >= 11 is 0. The Bertz CT molecular complexity index is 1260. The summed E-state index contributed by atoms with van der Waals surface area (Å²) in [5.41, 5.74) is 1.31. The Hall–Kier alpha value is -3.74. The number of benzene rings is 1. The van der Waals surface area contributed by atoms with Crippen molar-refractivity contribution >= 4 is 34.9 Å². The zero-order chi connectivity index (χ0) is 28.4. The average Bonchev–Trinajstić information content (AvgIpc) is 3.46. The molecule has 0 unspecified atom stereocenters. The fourth-order valence-electron chi connectivity index (χ4n) is 5.73. The van der Waals surface area contributed by atoms with Gasteiger partial charge in [0.2, 0.25) is 11.8 Å². The maximum Gasteiger partial charge on any atom is 0.325 e. The first-order chi connectivity index (χ1) is 19.2. The van der Waals surface area contributed by atoms with E-state index in [4.69, 9.17) is 4.74 Å². The molecule has 1 saturated carbocycles. The second-order valence-corrected chi connectivity index (χ2v) is 10.7. The van der Waals surface area contributed by atoms with Crippen LogP contribution in [0, 0.1) is 0 Å². The molecular formula is C27H36F2N8O3. The minimum Gasteiger partial charge on any atom is -0.495 e. The zero-order valence-electron chi connectivity index (χ0n) is 23.0. The van der Waals surface area contributed by atoms with Crippen molar-refractivity contribution in [3.05, 3.63) is 30.0 Å². The molecule has 1 aromatic carbocycles. The van der Waals surface area contributed by atoms with Crippen molar-refractivity contribution in [1.82, 2.24) is 20.2 Å². The molecule has 0 radical (unpaired) electrons. The Kier molecular flexibility index (Phi) is 7.92. The van der Waals surface area contributed by atoms with E-state index in [1.54, 1.807) is 23.1 Å². The number of amides is 1. The van der Waals surface area contributed by atoms with Crippen molar-refractivity contribution in [3.8, 4) is 5.75 Å².